The number of thioether (sulfide) groups is 1. The Kier molecular flexibility index (Phi) is 6.28. The Balaban J connectivity index is 2.40. The Labute approximate surface area is 111 Å². The Morgan fingerprint density at radius 3 is 2.83 bits per heavy atom. The second-order valence-electron chi connectivity index (χ2n) is 4.24. The van der Waals surface area contributed by atoms with Gasteiger partial charge < -0.3 is 20.1 Å². The lowest BCUT2D eigenvalue weighted by Crippen LogP contribution is -2.48. The quantitative estimate of drug-likeness (QED) is 0.690. The van der Waals surface area contributed by atoms with Gasteiger partial charge in [0.1, 0.15) is 5.92 Å². The SMILES string of the molecule is CSCCCNC(=O)N(C)C1COCC1C(=O)O. The van der Waals surface area contributed by atoms with Crippen molar-refractivity contribution in [2.45, 2.75) is 12.5 Å². The van der Waals surface area contributed by atoms with E-state index in [2.05, 4.69) is 5.32 Å². The molecule has 1 rings (SSSR count). The summed E-state index contributed by atoms with van der Waals surface area (Å²) in [7, 11) is 1.61. The van der Waals surface area contributed by atoms with E-state index in [-0.39, 0.29) is 25.3 Å². The molecule has 0 bridgehead atoms. The molecule has 1 fully saturated rings. The number of nitrogens with zero attached hydrogens (tertiary/aromatic N) is 1. The minimum atomic E-state index is -0.917. The number of likely N-dealkylation sites (N-methyl/N-ethyl adjacent to an activating group) is 1. The largest absolute Gasteiger partial charge is 0.481 e. The van der Waals surface area contributed by atoms with Crippen LogP contribution in [0.4, 0.5) is 4.79 Å². The minimum Gasteiger partial charge on any atom is -0.481 e. The number of ether oxygens (including phenoxy) is 1. The topological polar surface area (TPSA) is 78.9 Å². The van der Waals surface area contributed by atoms with Gasteiger partial charge in [0.25, 0.3) is 0 Å². The zero-order chi connectivity index (χ0) is 13.5. The third-order valence-corrected chi connectivity index (χ3v) is 3.68. The molecule has 2 N–H and O–H groups in total. The van der Waals surface area contributed by atoms with E-state index in [0.29, 0.717) is 6.54 Å². The number of nitrogens with one attached hydrogen (secondary N) is 1. The van der Waals surface area contributed by atoms with Crippen LogP contribution in [0.2, 0.25) is 0 Å². The third-order valence-electron chi connectivity index (χ3n) is 2.99. The minimum absolute atomic E-state index is 0.171. The molecule has 2 amide bonds. The second kappa shape index (κ2) is 7.48. The molecule has 1 saturated heterocycles. The van der Waals surface area contributed by atoms with Gasteiger partial charge in [-0.15, -0.1) is 0 Å². The molecular weight excluding hydrogens is 256 g/mol. The monoisotopic (exact) mass is 276 g/mol. The highest BCUT2D eigenvalue weighted by atomic mass is 32.2. The van der Waals surface area contributed by atoms with Crippen molar-refractivity contribution in [3.8, 4) is 0 Å². The average Bonchev–Trinajstić information content (AvgIpc) is 2.82. The maximum absolute atomic E-state index is 11.8. The van der Waals surface area contributed by atoms with Crippen LogP contribution in [-0.2, 0) is 9.53 Å². The van der Waals surface area contributed by atoms with Crippen LogP contribution in [0, 0.1) is 5.92 Å². The summed E-state index contributed by atoms with van der Waals surface area (Å²) in [5.74, 6) is -0.555. The summed E-state index contributed by atoms with van der Waals surface area (Å²) in [6.45, 7) is 1.06. The first kappa shape index (κ1) is 15.1. The fraction of sp³-hybridized carbons (Fsp3) is 0.818. The first-order valence-corrected chi connectivity index (χ1v) is 7.27. The maximum atomic E-state index is 11.8. The lowest BCUT2D eigenvalue weighted by Gasteiger charge is -2.26. The summed E-state index contributed by atoms with van der Waals surface area (Å²) >= 11 is 1.73. The number of hydrogen-bond donors (Lipinski definition) is 2. The van der Waals surface area contributed by atoms with Crippen LogP contribution < -0.4 is 5.32 Å². The van der Waals surface area contributed by atoms with Crippen LogP contribution >= 0.6 is 11.8 Å². The number of urea groups is 1. The molecule has 0 spiro atoms. The molecule has 0 aromatic carbocycles. The molecule has 2 atom stereocenters. The van der Waals surface area contributed by atoms with Crippen LogP contribution in [0.3, 0.4) is 0 Å². The first-order valence-electron chi connectivity index (χ1n) is 5.88. The Bertz CT molecular complexity index is 301. The third kappa shape index (κ3) is 4.06. The van der Waals surface area contributed by atoms with Gasteiger partial charge in [-0.2, -0.15) is 11.8 Å². The van der Waals surface area contributed by atoms with Gasteiger partial charge in [-0.25, -0.2) is 4.79 Å². The maximum Gasteiger partial charge on any atom is 0.317 e. The molecule has 1 aliphatic rings. The molecule has 2 unspecified atom stereocenters. The van der Waals surface area contributed by atoms with Gasteiger partial charge in [0.2, 0.25) is 0 Å². The number of carboxylic acids is 1. The molecule has 18 heavy (non-hydrogen) atoms. The van der Waals surface area contributed by atoms with Crippen molar-refractivity contribution in [1.29, 1.82) is 0 Å². The summed E-state index contributed by atoms with van der Waals surface area (Å²) in [6.07, 6.45) is 2.92. The molecule has 1 aliphatic heterocycles. The van der Waals surface area contributed by atoms with Gasteiger partial charge >= 0.3 is 12.0 Å². The summed E-state index contributed by atoms with van der Waals surface area (Å²) in [5, 5.41) is 11.8. The summed E-state index contributed by atoms with van der Waals surface area (Å²) in [4.78, 5) is 24.3. The van der Waals surface area contributed by atoms with Crippen molar-refractivity contribution < 1.29 is 19.4 Å². The number of amides is 2. The molecule has 0 aromatic heterocycles. The molecule has 1 heterocycles. The van der Waals surface area contributed by atoms with Crippen LogP contribution in [-0.4, -0.2) is 66.9 Å². The standard InChI is InChI=1S/C11H20N2O4S/c1-13(11(16)12-4-3-5-18-2)9-7-17-6-8(9)10(14)15/h8-9H,3-7H2,1-2H3,(H,12,16)(H,14,15). The van der Waals surface area contributed by atoms with E-state index in [1.54, 1.807) is 18.8 Å². The Hall–Kier alpha value is -0.950. The normalized spacial score (nSPS) is 22.8. The molecule has 7 heteroatoms. The van der Waals surface area contributed by atoms with Crippen molar-refractivity contribution >= 4 is 23.8 Å². The summed E-state index contributed by atoms with van der Waals surface area (Å²) < 4.78 is 5.14. The van der Waals surface area contributed by atoms with Crippen LogP contribution in [0.15, 0.2) is 0 Å². The molecule has 0 aliphatic carbocycles. The van der Waals surface area contributed by atoms with Gasteiger partial charge in [0.15, 0.2) is 0 Å². The van der Waals surface area contributed by atoms with Gasteiger partial charge in [-0.05, 0) is 18.4 Å². The number of rotatable bonds is 6. The summed E-state index contributed by atoms with van der Waals surface area (Å²) in [6, 6.07) is -0.624. The van der Waals surface area contributed by atoms with Gasteiger partial charge in [0.05, 0.1) is 19.3 Å². The highest BCUT2D eigenvalue weighted by molar-refractivity contribution is 7.98. The van der Waals surface area contributed by atoms with E-state index in [1.807, 2.05) is 6.26 Å². The van der Waals surface area contributed by atoms with Crippen molar-refractivity contribution in [3.05, 3.63) is 0 Å². The second-order valence-corrected chi connectivity index (χ2v) is 5.22. The average molecular weight is 276 g/mol. The highest BCUT2D eigenvalue weighted by Gasteiger charge is 2.38. The molecule has 6 nitrogen and oxygen atoms in total. The summed E-state index contributed by atoms with van der Waals surface area (Å²) in [5.41, 5.74) is 0. The first-order chi connectivity index (χ1) is 8.57. The van der Waals surface area contributed by atoms with Crippen molar-refractivity contribution in [3.63, 3.8) is 0 Å². The van der Waals surface area contributed by atoms with Gasteiger partial charge in [-0.3, -0.25) is 4.79 Å². The highest BCUT2D eigenvalue weighted by Crippen LogP contribution is 2.18. The molecule has 0 saturated carbocycles. The number of carbonyl (C=O) groups excluding carboxylic acids is 1. The van der Waals surface area contributed by atoms with Crippen LogP contribution in [0.1, 0.15) is 6.42 Å². The molecule has 0 aromatic rings. The number of carbonyl (C=O) groups is 2. The Morgan fingerprint density at radius 2 is 2.22 bits per heavy atom. The fourth-order valence-electron chi connectivity index (χ4n) is 1.85. The zero-order valence-corrected chi connectivity index (χ0v) is 11.5. The van der Waals surface area contributed by atoms with E-state index >= 15 is 0 Å². The van der Waals surface area contributed by atoms with Crippen LogP contribution in [0.5, 0.6) is 0 Å². The smallest absolute Gasteiger partial charge is 0.317 e. The number of hydrogen-bond acceptors (Lipinski definition) is 4. The van der Waals surface area contributed by atoms with Crippen molar-refractivity contribution in [2.24, 2.45) is 5.92 Å². The van der Waals surface area contributed by atoms with Gasteiger partial charge in [0, 0.05) is 13.6 Å². The predicted molar refractivity (Wildman–Crippen MR) is 69.9 cm³/mol. The zero-order valence-electron chi connectivity index (χ0n) is 10.7. The predicted octanol–water partition coefficient (Wildman–Crippen LogP) is 0.480. The number of carboxylic acid groups (broad SMARTS) is 1. The van der Waals surface area contributed by atoms with Crippen molar-refractivity contribution in [2.75, 3.05) is 38.8 Å². The van der Waals surface area contributed by atoms with Crippen molar-refractivity contribution in [1.82, 2.24) is 10.2 Å². The Morgan fingerprint density at radius 1 is 1.50 bits per heavy atom. The lowest BCUT2D eigenvalue weighted by molar-refractivity contribution is -0.142. The fourth-order valence-corrected chi connectivity index (χ4v) is 2.28. The van der Waals surface area contributed by atoms with E-state index in [4.69, 9.17) is 9.84 Å². The molecular formula is C11H20N2O4S. The molecule has 0 radical (unpaired) electrons. The van der Waals surface area contributed by atoms with Crippen LogP contribution in [0.25, 0.3) is 0 Å². The van der Waals surface area contributed by atoms with E-state index in [0.717, 1.165) is 12.2 Å². The van der Waals surface area contributed by atoms with Gasteiger partial charge in [-0.1, -0.05) is 0 Å². The van der Waals surface area contributed by atoms with E-state index in [1.165, 1.54) is 4.90 Å². The lowest BCUT2D eigenvalue weighted by atomic mass is 10.0. The van der Waals surface area contributed by atoms with E-state index in [9.17, 15) is 9.59 Å². The van der Waals surface area contributed by atoms with E-state index < -0.39 is 11.9 Å². The number of aliphatic carboxylic acids is 1. The molecule has 104 valence electrons.